The normalized spacial score (nSPS) is 10.8. The molecule has 36 heavy (non-hydrogen) atoms. The minimum atomic E-state index is 0. The van der Waals surface area contributed by atoms with Crippen molar-refractivity contribution < 1.29 is 26.8 Å². The van der Waals surface area contributed by atoms with Gasteiger partial charge in [-0.2, -0.15) is 0 Å². The molecule has 0 atom stereocenters. The van der Waals surface area contributed by atoms with Gasteiger partial charge >= 0.3 is 21.7 Å². The minimum absolute atomic E-state index is 0. The molecule has 195 valence electrons. The molecular weight excluding hydrogens is 472 g/mol. The summed E-state index contributed by atoms with van der Waals surface area (Å²) in [5.74, 6) is 0. The third kappa shape index (κ3) is 17.7. The molecule has 1 N–H and O–H groups in total. The van der Waals surface area contributed by atoms with Crippen LogP contribution >= 0.6 is 0 Å². The molecule has 0 spiro atoms. The van der Waals surface area contributed by atoms with Gasteiger partial charge in [0.05, 0.1) is 0 Å². The van der Waals surface area contributed by atoms with E-state index in [9.17, 15) is 0 Å². The maximum absolute atomic E-state index is 8.07. The van der Waals surface area contributed by atoms with Crippen molar-refractivity contribution in [2.75, 3.05) is 6.61 Å². The van der Waals surface area contributed by atoms with E-state index in [1.807, 2.05) is 54.6 Å². The Morgan fingerprint density at radius 2 is 0.750 bits per heavy atom. The van der Waals surface area contributed by atoms with Crippen molar-refractivity contribution in [3.63, 3.8) is 0 Å². The van der Waals surface area contributed by atoms with Gasteiger partial charge in [-0.05, 0) is 6.42 Å². The van der Waals surface area contributed by atoms with Gasteiger partial charge < -0.3 is 25.9 Å². The molecular formula is C34H49OTi. The predicted octanol–water partition coefficient (Wildman–Crippen LogP) is 9.17. The van der Waals surface area contributed by atoms with Crippen molar-refractivity contribution in [2.45, 2.75) is 77.6 Å². The van der Waals surface area contributed by atoms with Gasteiger partial charge in [-0.3, -0.25) is 0 Å². The van der Waals surface area contributed by atoms with Crippen molar-refractivity contribution in [2.24, 2.45) is 0 Å². The largest absolute Gasteiger partial charge is 3.00 e. The fraction of sp³-hybridized carbons (Fsp3) is 0.382. The fourth-order valence-corrected chi connectivity index (χ4v) is 2.83. The predicted molar refractivity (Wildman–Crippen MR) is 156 cm³/mol. The van der Waals surface area contributed by atoms with E-state index >= 15 is 0 Å². The van der Waals surface area contributed by atoms with E-state index in [2.05, 4.69) is 106 Å². The van der Waals surface area contributed by atoms with E-state index in [0.29, 0.717) is 6.61 Å². The van der Waals surface area contributed by atoms with Crippen molar-refractivity contribution in [1.29, 1.82) is 0 Å². The zero-order valence-electron chi connectivity index (χ0n) is 23.9. The Kier molecular flexibility index (Phi) is 18.8. The van der Waals surface area contributed by atoms with E-state index in [1.54, 1.807) is 0 Å². The third-order valence-corrected chi connectivity index (χ3v) is 5.18. The number of rotatable bonds is 5. The molecule has 1 nitrogen and oxygen atoms in total. The average Bonchev–Trinajstić information content (AvgIpc) is 2.81. The van der Waals surface area contributed by atoms with Gasteiger partial charge in [-0.15, -0.1) is 16.2 Å². The third-order valence-electron chi connectivity index (χ3n) is 5.18. The van der Waals surface area contributed by atoms with Crippen molar-refractivity contribution in [1.82, 2.24) is 0 Å². The molecule has 0 amide bonds. The number of benzene rings is 3. The van der Waals surface area contributed by atoms with Gasteiger partial charge in [-0.25, -0.2) is 0 Å². The summed E-state index contributed by atoms with van der Waals surface area (Å²) in [5, 5.41) is 8.07. The number of aliphatic hydroxyl groups excluding tert-OH is 1. The maximum Gasteiger partial charge on any atom is 3.00 e. The second-order valence-electron chi connectivity index (χ2n) is 10.8. The molecule has 0 unspecified atom stereocenters. The molecule has 3 aromatic rings. The summed E-state index contributed by atoms with van der Waals surface area (Å²) in [6.45, 7) is 27.2. The monoisotopic (exact) mass is 521 g/mol. The van der Waals surface area contributed by atoms with Gasteiger partial charge in [0.15, 0.2) is 0 Å². The summed E-state index contributed by atoms with van der Waals surface area (Å²) in [6, 6.07) is 31.0. The van der Waals surface area contributed by atoms with Gasteiger partial charge in [0.25, 0.3) is 0 Å². The summed E-state index contributed by atoms with van der Waals surface area (Å²) in [6.07, 6.45) is 2.04. The molecule has 3 rings (SSSR count). The van der Waals surface area contributed by atoms with Crippen LogP contribution in [0, 0.1) is 20.8 Å². The zero-order chi connectivity index (χ0) is 27.0. The van der Waals surface area contributed by atoms with E-state index in [0.717, 1.165) is 12.8 Å². The number of aliphatic hydroxyl groups is 1. The van der Waals surface area contributed by atoms with Crippen LogP contribution in [0.25, 0.3) is 0 Å². The first kappa shape index (κ1) is 36.5. The quantitative estimate of drug-likeness (QED) is 0.262. The van der Waals surface area contributed by atoms with Crippen LogP contribution in [0.4, 0.5) is 0 Å². The van der Waals surface area contributed by atoms with Gasteiger partial charge in [0.2, 0.25) is 0 Å². The molecule has 0 heterocycles. The molecule has 0 aliphatic heterocycles. The van der Waals surface area contributed by atoms with Crippen LogP contribution in [0.1, 0.15) is 78.0 Å². The smallest absolute Gasteiger partial charge is 0.396 e. The van der Waals surface area contributed by atoms with Crippen LogP contribution in [0.3, 0.4) is 0 Å². The minimum Gasteiger partial charge on any atom is -0.396 e. The van der Waals surface area contributed by atoms with Crippen LogP contribution in [0.2, 0.25) is 0 Å². The molecule has 0 fully saturated rings. The van der Waals surface area contributed by atoms with E-state index in [-0.39, 0.29) is 38.0 Å². The Bertz CT molecular complexity index is 748. The van der Waals surface area contributed by atoms with Gasteiger partial charge in [0.1, 0.15) is 0 Å². The molecule has 0 saturated heterocycles. The van der Waals surface area contributed by atoms with Crippen molar-refractivity contribution in [3.8, 4) is 0 Å². The molecule has 1 radical (unpaired) electrons. The fourth-order valence-electron chi connectivity index (χ4n) is 2.83. The average molecular weight is 522 g/mol. The van der Waals surface area contributed by atoms with Crippen LogP contribution < -0.4 is 0 Å². The SMILES string of the molecule is CCCCO.[CH2-]C(C)(C)c1ccccc1.[CH2-]C(C)(C)c1ccccc1.[CH2-]C(C)(C)c1ccccc1.[Ti+3]. The van der Waals surface area contributed by atoms with Crippen molar-refractivity contribution >= 4 is 0 Å². The molecule has 2 heteroatoms. The molecule has 3 aromatic carbocycles. The van der Waals surface area contributed by atoms with E-state index in [4.69, 9.17) is 5.11 Å². The first-order chi connectivity index (χ1) is 16.2. The second-order valence-corrected chi connectivity index (χ2v) is 10.8. The zero-order valence-corrected chi connectivity index (χ0v) is 25.4. The summed E-state index contributed by atoms with van der Waals surface area (Å²) < 4.78 is 0. The van der Waals surface area contributed by atoms with Gasteiger partial charge in [-0.1, -0.05) is 163 Å². The molecule has 0 bridgehead atoms. The molecule has 0 saturated carbocycles. The van der Waals surface area contributed by atoms with Gasteiger partial charge in [0, 0.05) is 6.61 Å². The first-order valence-corrected chi connectivity index (χ1v) is 12.6. The topological polar surface area (TPSA) is 20.2 Å². The number of unbranched alkanes of at least 4 members (excludes halogenated alkanes) is 1. The van der Waals surface area contributed by atoms with Crippen LogP contribution in [0.15, 0.2) is 91.0 Å². The van der Waals surface area contributed by atoms with E-state index < -0.39 is 0 Å². The Morgan fingerprint density at radius 1 is 0.528 bits per heavy atom. The van der Waals surface area contributed by atoms with E-state index in [1.165, 1.54) is 16.7 Å². The number of hydrogen-bond donors (Lipinski definition) is 1. The summed E-state index contributed by atoms with van der Waals surface area (Å²) in [4.78, 5) is 0. The Balaban J connectivity index is 0. The summed E-state index contributed by atoms with van der Waals surface area (Å²) in [5.41, 5.74) is 3.99. The molecule has 0 aromatic heterocycles. The summed E-state index contributed by atoms with van der Waals surface area (Å²) in [7, 11) is 0. The van der Waals surface area contributed by atoms with Crippen LogP contribution in [-0.4, -0.2) is 11.7 Å². The first-order valence-electron chi connectivity index (χ1n) is 12.6. The standard InChI is InChI=1S/3C10H13.C4H10O.Ti/c3*1-10(2,3)9-7-5-4-6-8-9;1-2-3-4-5;/h3*4-8H,1H2,2-3H3;5H,2-4H2,1H3;/q3*-1;;+3. The Labute approximate surface area is 238 Å². The number of hydrogen-bond acceptors (Lipinski definition) is 1. The van der Waals surface area contributed by atoms with Crippen LogP contribution in [-0.2, 0) is 38.0 Å². The Hall–Kier alpha value is -1.67. The molecule has 0 aliphatic carbocycles. The summed E-state index contributed by atoms with van der Waals surface area (Å²) >= 11 is 0. The van der Waals surface area contributed by atoms with Crippen molar-refractivity contribution in [3.05, 3.63) is 128 Å². The Morgan fingerprint density at radius 3 is 0.833 bits per heavy atom. The maximum atomic E-state index is 8.07. The molecule has 0 aliphatic rings. The van der Waals surface area contributed by atoms with Crippen LogP contribution in [0.5, 0.6) is 0 Å². The second kappa shape index (κ2) is 18.6.